The van der Waals surface area contributed by atoms with Gasteiger partial charge in [0.2, 0.25) is 0 Å². The summed E-state index contributed by atoms with van der Waals surface area (Å²) in [6.07, 6.45) is -0.410. The molecule has 0 unspecified atom stereocenters. The fourth-order valence-corrected chi connectivity index (χ4v) is 1.37. The van der Waals surface area contributed by atoms with Gasteiger partial charge in [-0.15, -0.1) is 0 Å². The molecule has 84 valence electrons. The molecule has 16 heavy (non-hydrogen) atoms. The van der Waals surface area contributed by atoms with Crippen LogP contribution in [0.25, 0.3) is 0 Å². The van der Waals surface area contributed by atoms with Crippen molar-refractivity contribution in [2.24, 2.45) is 0 Å². The summed E-state index contributed by atoms with van der Waals surface area (Å²) in [5.41, 5.74) is 2.09. The summed E-state index contributed by atoms with van der Waals surface area (Å²) in [6, 6.07) is 8.89. The van der Waals surface area contributed by atoms with Crippen LogP contribution in [0.5, 0.6) is 0 Å². The number of carbonyl (C=O) groups is 1. The van der Waals surface area contributed by atoms with Gasteiger partial charge in [0.25, 0.3) is 0 Å². The van der Waals surface area contributed by atoms with Gasteiger partial charge in [0.05, 0.1) is 5.56 Å². The SMILES string of the molecule is C=C(C)C(OC(=O)c1ccccc1)C(=C)C. The molecule has 0 amide bonds. The van der Waals surface area contributed by atoms with E-state index in [-0.39, 0.29) is 5.97 Å². The van der Waals surface area contributed by atoms with E-state index in [0.29, 0.717) is 5.56 Å². The van der Waals surface area contributed by atoms with Crippen LogP contribution in [-0.4, -0.2) is 12.1 Å². The predicted octanol–water partition coefficient (Wildman–Crippen LogP) is 3.36. The van der Waals surface area contributed by atoms with Crippen molar-refractivity contribution in [3.63, 3.8) is 0 Å². The highest BCUT2D eigenvalue weighted by Crippen LogP contribution is 2.15. The highest BCUT2D eigenvalue weighted by Gasteiger charge is 2.16. The average Bonchev–Trinajstić information content (AvgIpc) is 2.25. The molecule has 0 spiro atoms. The monoisotopic (exact) mass is 216 g/mol. The first-order chi connectivity index (χ1) is 7.52. The van der Waals surface area contributed by atoms with Crippen molar-refractivity contribution in [3.05, 3.63) is 60.2 Å². The second kappa shape index (κ2) is 5.31. The van der Waals surface area contributed by atoms with Gasteiger partial charge in [-0.25, -0.2) is 4.79 Å². The fraction of sp³-hybridized carbons (Fsp3) is 0.214. The second-order valence-corrected chi connectivity index (χ2v) is 3.84. The molecule has 0 aliphatic rings. The molecule has 1 rings (SSSR count). The smallest absolute Gasteiger partial charge is 0.339 e. The van der Waals surface area contributed by atoms with Gasteiger partial charge in [-0.3, -0.25) is 0 Å². The average molecular weight is 216 g/mol. The van der Waals surface area contributed by atoms with E-state index in [1.165, 1.54) is 0 Å². The Kier molecular flexibility index (Phi) is 4.06. The number of esters is 1. The lowest BCUT2D eigenvalue weighted by molar-refractivity contribution is 0.0432. The lowest BCUT2D eigenvalue weighted by Crippen LogP contribution is -2.19. The lowest BCUT2D eigenvalue weighted by atomic mass is 10.1. The highest BCUT2D eigenvalue weighted by molar-refractivity contribution is 5.89. The third-order valence-electron chi connectivity index (χ3n) is 2.13. The highest BCUT2D eigenvalue weighted by atomic mass is 16.5. The number of hydrogen-bond acceptors (Lipinski definition) is 2. The van der Waals surface area contributed by atoms with Gasteiger partial charge in [-0.2, -0.15) is 0 Å². The Morgan fingerprint density at radius 3 is 2.06 bits per heavy atom. The van der Waals surface area contributed by atoms with Crippen molar-refractivity contribution < 1.29 is 9.53 Å². The Hall–Kier alpha value is -1.83. The molecule has 0 aliphatic carbocycles. The molecule has 0 N–H and O–H groups in total. The summed E-state index contributed by atoms with van der Waals surface area (Å²) in [6.45, 7) is 11.2. The van der Waals surface area contributed by atoms with E-state index in [0.717, 1.165) is 11.1 Å². The zero-order valence-electron chi connectivity index (χ0n) is 9.69. The summed E-state index contributed by atoms with van der Waals surface area (Å²) >= 11 is 0. The molecule has 0 atom stereocenters. The molecule has 0 heterocycles. The van der Waals surface area contributed by atoms with Crippen molar-refractivity contribution in [1.82, 2.24) is 0 Å². The molecule has 0 fully saturated rings. The third kappa shape index (κ3) is 3.09. The number of rotatable bonds is 4. The standard InChI is InChI=1S/C14H16O2/c1-10(2)13(11(3)4)16-14(15)12-8-6-5-7-9-12/h5-9,13H,1,3H2,2,4H3. The van der Waals surface area contributed by atoms with E-state index in [4.69, 9.17) is 4.74 Å². The van der Waals surface area contributed by atoms with E-state index in [2.05, 4.69) is 13.2 Å². The maximum atomic E-state index is 11.8. The molecule has 1 aromatic carbocycles. The maximum Gasteiger partial charge on any atom is 0.339 e. The molecular weight excluding hydrogens is 200 g/mol. The maximum absolute atomic E-state index is 11.8. The summed E-state index contributed by atoms with van der Waals surface area (Å²) in [4.78, 5) is 11.8. The minimum atomic E-state index is -0.410. The van der Waals surface area contributed by atoms with Crippen molar-refractivity contribution in [2.45, 2.75) is 20.0 Å². The van der Waals surface area contributed by atoms with Gasteiger partial charge in [0.15, 0.2) is 0 Å². The van der Waals surface area contributed by atoms with Crippen LogP contribution < -0.4 is 0 Å². The van der Waals surface area contributed by atoms with E-state index >= 15 is 0 Å². The van der Waals surface area contributed by atoms with Crippen LogP contribution in [-0.2, 0) is 4.74 Å². The van der Waals surface area contributed by atoms with E-state index in [9.17, 15) is 4.79 Å². The van der Waals surface area contributed by atoms with Gasteiger partial charge < -0.3 is 4.74 Å². The zero-order valence-corrected chi connectivity index (χ0v) is 9.69. The first-order valence-corrected chi connectivity index (χ1v) is 5.09. The van der Waals surface area contributed by atoms with E-state index in [1.54, 1.807) is 24.3 Å². The molecule has 0 saturated heterocycles. The molecular formula is C14H16O2. The molecule has 0 aliphatic heterocycles. The Morgan fingerprint density at radius 2 is 1.62 bits per heavy atom. The molecule has 1 aromatic rings. The van der Waals surface area contributed by atoms with Crippen LogP contribution >= 0.6 is 0 Å². The van der Waals surface area contributed by atoms with Crippen LogP contribution in [0.3, 0.4) is 0 Å². The minimum Gasteiger partial charge on any atom is -0.450 e. The van der Waals surface area contributed by atoms with Crippen molar-refractivity contribution in [3.8, 4) is 0 Å². The van der Waals surface area contributed by atoms with E-state index in [1.807, 2.05) is 19.9 Å². The summed E-state index contributed by atoms with van der Waals surface area (Å²) in [7, 11) is 0. The Bertz CT molecular complexity index is 390. The fourth-order valence-electron chi connectivity index (χ4n) is 1.37. The predicted molar refractivity (Wildman–Crippen MR) is 65.3 cm³/mol. The molecule has 0 radical (unpaired) electrons. The summed E-state index contributed by atoms with van der Waals surface area (Å²) in [5.74, 6) is -0.350. The van der Waals surface area contributed by atoms with Gasteiger partial charge in [0, 0.05) is 0 Å². The van der Waals surface area contributed by atoms with Crippen LogP contribution in [0.2, 0.25) is 0 Å². The lowest BCUT2D eigenvalue weighted by Gasteiger charge is -2.17. The minimum absolute atomic E-state index is 0.350. The number of hydrogen-bond donors (Lipinski definition) is 0. The van der Waals surface area contributed by atoms with Crippen molar-refractivity contribution in [1.29, 1.82) is 0 Å². The molecule has 2 heteroatoms. The van der Waals surface area contributed by atoms with Gasteiger partial charge >= 0.3 is 5.97 Å². The summed E-state index contributed by atoms with van der Waals surface area (Å²) in [5, 5.41) is 0. The third-order valence-corrected chi connectivity index (χ3v) is 2.13. The summed E-state index contributed by atoms with van der Waals surface area (Å²) < 4.78 is 5.32. The van der Waals surface area contributed by atoms with Gasteiger partial charge in [0.1, 0.15) is 6.10 Å². The molecule has 0 aromatic heterocycles. The molecule has 0 saturated carbocycles. The normalized spacial score (nSPS) is 9.94. The topological polar surface area (TPSA) is 26.3 Å². The molecule has 0 bridgehead atoms. The van der Waals surface area contributed by atoms with Crippen molar-refractivity contribution >= 4 is 5.97 Å². The Balaban J connectivity index is 2.77. The number of carbonyl (C=O) groups excluding carboxylic acids is 1. The zero-order chi connectivity index (χ0) is 12.1. The quantitative estimate of drug-likeness (QED) is 0.569. The van der Waals surface area contributed by atoms with Crippen LogP contribution in [0.1, 0.15) is 24.2 Å². The van der Waals surface area contributed by atoms with Crippen LogP contribution in [0.15, 0.2) is 54.6 Å². The van der Waals surface area contributed by atoms with Gasteiger partial charge in [-0.1, -0.05) is 31.4 Å². The Morgan fingerprint density at radius 1 is 1.12 bits per heavy atom. The number of benzene rings is 1. The Labute approximate surface area is 96.2 Å². The van der Waals surface area contributed by atoms with Gasteiger partial charge in [-0.05, 0) is 37.1 Å². The largest absolute Gasteiger partial charge is 0.450 e. The van der Waals surface area contributed by atoms with E-state index < -0.39 is 6.10 Å². The first-order valence-electron chi connectivity index (χ1n) is 5.09. The first kappa shape index (κ1) is 12.2. The number of ether oxygens (including phenoxy) is 1. The molecule has 2 nitrogen and oxygen atoms in total. The second-order valence-electron chi connectivity index (χ2n) is 3.84. The van der Waals surface area contributed by atoms with Crippen LogP contribution in [0.4, 0.5) is 0 Å². The van der Waals surface area contributed by atoms with Crippen LogP contribution in [0, 0.1) is 0 Å². The van der Waals surface area contributed by atoms with Crippen molar-refractivity contribution in [2.75, 3.05) is 0 Å².